The lowest BCUT2D eigenvalue weighted by Gasteiger charge is -2.52. The fourth-order valence-corrected chi connectivity index (χ4v) is 3.39. The van der Waals surface area contributed by atoms with Crippen molar-refractivity contribution in [2.75, 3.05) is 18.4 Å². The molecule has 1 aromatic heterocycles. The SMILES string of the molecule is Cc1ccccc1C(=O)N1CC2(CC(=O)Nc3nccn32)C1. The fraction of sp³-hybridized carbons (Fsp3) is 0.312. The maximum atomic E-state index is 12.6. The topological polar surface area (TPSA) is 67.2 Å². The van der Waals surface area contributed by atoms with Crippen molar-refractivity contribution in [1.29, 1.82) is 0 Å². The molecule has 4 rings (SSSR count). The third-order valence-electron chi connectivity index (χ3n) is 4.53. The third kappa shape index (κ3) is 1.76. The Labute approximate surface area is 127 Å². The molecule has 1 saturated heterocycles. The van der Waals surface area contributed by atoms with Crippen molar-refractivity contribution in [3.8, 4) is 0 Å². The summed E-state index contributed by atoms with van der Waals surface area (Å²) in [6.45, 7) is 3.01. The van der Waals surface area contributed by atoms with Crippen molar-refractivity contribution in [2.45, 2.75) is 18.9 Å². The molecule has 2 aliphatic heterocycles. The number of nitrogens with one attached hydrogen (secondary N) is 1. The second-order valence-corrected chi connectivity index (χ2v) is 6.05. The van der Waals surface area contributed by atoms with E-state index in [0.717, 1.165) is 11.1 Å². The van der Waals surface area contributed by atoms with Gasteiger partial charge in [-0.25, -0.2) is 4.98 Å². The Morgan fingerprint density at radius 2 is 2.09 bits per heavy atom. The number of rotatable bonds is 1. The van der Waals surface area contributed by atoms with E-state index in [1.807, 2.05) is 42.0 Å². The predicted octanol–water partition coefficient (Wildman–Crippen LogP) is 1.39. The van der Waals surface area contributed by atoms with Crippen molar-refractivity contribution >= 4 is 17.8 Å². The summed E-state index contributed by atoms with van der Waals surface area (Å²) in [5, 5.41) is 2.76. The summed E-state index contributed by atoms with van der Waals surface area (Å²) in [6, 6.07) is 7.58. The molecule has 0 saturated carbocycles. The van der Waals surface area contributed by atoms with Crippen LogP contribution in [0.4, 0.5) is 5.95 Å². The summed E-state index contributed by atoms with van der Waals surface area (Å²) in [6.07, 6.45) is 3.92. The van der Waals surface area contributed by atoms with Crippen molar-refractivity contribution in [3.05, 3.63) is 47.8 Å². The number of hydrogen-bond donors (Lipinski definition) is 1. The van der Waals surface area contributed by atoms with E-state index in [4.69, 9.17) is 0 Å². The molecule has 2 amide bonds. The van der Waals surface area contributed by atoms with E-state index in [0.29, 0.717) is 25.5 Å². The van der Waals surface area contributed by atoms with E-state index in [1.165, 1.54) is 0 Å². The fourth-order valence-electron chi connectivity index (χ4n) is 3.39. The molecule has 1 spiro atoms. The number of amides is 2. The minimum atomic E-state index is -0.341. The molecule has 1 aromatic carbocycles. The highest BCUT2D eigenvalue weighted by Gasteiger charge is 2.51. The van der Waals surface area contributed by atoms with Crippen molar-refractivity contribution in [1.82, 2.24) is 14.5 Å². The first-order valence-electron chi connectivity index (χ1n) is 7.28. The molecular weight excluding hydrogens is 280 g/mol. The monoisotopic (exact) mass is 296 g/mol. The van der Waals surface area contributed by atoms with Crippen molar-refractivity contribution in [3.63, 3.8) is 0 Å². The molecule has 2 aromatic rings. The summed E-state index contributed by atoms with van der Waals surface area (Å²) in [5.74, 6) is 0.553. The number of carbonyl (C=O) groups excluding carboxylic acids is 2. The minimum absolute atomic E-state index is 0.0244. The Morgan fingerprint density at radius 1 is 1.32 bits per heavy atom. The first kappa shape index (κ1) is 13.1. The number of anilines is 1. The zero-order valence-electron chi connectivity index (χ0n) is 12.2. The summed E-state index contributed by atoms with van der Waals surface area (Å²) in [4.78, 5) is 30.4. The van der Waals surface area contributed by atoms with Crippen LogP contribution in [0.5, 0.6) is 0 Å². The van der Waals surface area contributed by atoms with Crippen LogP contribution in [-0.2, 0) is 10.3 Å². The average Bonchev–Trinajstić information content (AvgIpc) is 2.92. The number of carbonyl (C=O) groups is 2. The van der Waals surface area contributed by atoms with Crippen LogP contribution >= 0.6 is 0 Å². The standard InChI is InChI=1S/C16H16N4O2/c1-11-4-2-3-5-12(11)14(22)19-9-16(10-19)8-13(21)18-15-17-6-7-20(15)16/h2-7H,8-10H2,1H3,(H,17,18,21). The molecule has 0 atom stereocenters. The van der Waals surface area contributed by atoms with Gasteiger partial charge in [-0.2, -0.15) is 0 Å². The van der Waals surface area contributed by atoms with E-state index in [-0.39, 0.29) is 17.4 Å². The summed E-state index contributed by atoms with van der Waals surface area (Å²) in [7, 11) is 0. The van der Waals surface area contributed by atoms with Crippen LogP contribution in [0.3, 0.4) is 0 Å². The molecule has 0 unspecified atom stereocenters. The molecule has 112 valence electrons. The number of likely N-dealkylation sites (tertiary alicyclic amines) is 1. The molecule has 6 nitrogen and oxygen atoms in total. The van der Waals surface area contributed by atoms with E-state index in [9.17, 15) is 9.59 Å². The van der Waals surface area contributed by atoms with Crippen LogP contribution in [0.1, 0.15) is 22.3 Å². The molecule has 0 bridgehead atoms. The number of imidazole rings is 1. The van der Waals surface area contributed by atoms with E-state index in [1.54, 1.807) is 11.1 Å². The molecule has 22 heavy (non-hydrogen) atoms. The number of aryl methyl sites for hydroxylation is 1. The Morgan fingerprint density at radius 3 is 2.86 bits per heavy atom. The van der Waals surface area contributed by atoms with E-state index in [2.05, 4.69) is 10.3 Å². The van der Waals surface area contributed by atoms with Gasteiger partial charge in [-0.1, -0.05) is 18.2 Å². The lowest BCUT2D eigenvalue weighted by Crippen LogP contribution is -2.66. The highest BCUT2D eigenvalue weighted by atomic mass is 16.2. The van der Waals surface area contributed by atoms with Crippen LogP contribution in [0.15, 0.2) is 36.7 Å². The summed E-state index contributed by atoms with van der Waals surface area (Å²) in [5.41, 5.74) is 1.36. The number of aromatic nitrogens is 2. The van der Waals surface area contributed by atoms with Crippen LogP contribution in [-0.4, -0.2) is 39.4 Å². The maximum absolute atomic E-state index is 12.6. The molecule has 0 aliphatic carbocycles. The highest BCUT2D eigenvalue weighted by Crippen LogP contribution is 2.38. The van der Waals surface area contributed by atoms with Gasteiger partial charge < -0.3 is 9.47 Å². The molecule has 0 radical (unpaired) electrons. The third-order valence-corrected chi connectivity index (χ3v) is 4.53. The Kier molecular flexibility index (Phi) is 2.63. The number of hydrogen-bond acceptors (Lipinski definition) is 3. The molecule has 1 N–H and O–H groups in total. The van der Waals surface area contributed by atoms with E-state index < -0.39 is 0 Å². The quantitative estimate of drug-likeness (QED) is 0.864. The zero-order chi connectivity index (χ0) is 15.3. The first-order chi connectivity index (χ1) is 10.6. The molecule has 6 heteroatoms. The number of benzene rings is 1. The van der Waals surface area contributed by atoms with Gasteiger partial charge in [-0.05, 0) is 18.6 Å². The highest BCUT2D eigenvalue weighted by molar-refractivity contribution is 5.97. The average molecular weight is 296 g/mol. The molecule has 2 aliphatic rings. The minimum Gasteiger partial charge on any atom is -0.334 e. The summed E-state index contributed by atoms with van der Waals surface area (Å²) < 4.78 is 1.98. The van der Waals surface area contributed by atoms with Gasteiger partial charge in [0.25, 0.3) is 5.91 Å². The van der Waals surface area contributed by atoms with Gasteiger partial charge in [0.1, 0.15) is 0 Å². The lowest BCUT2D eigenvalue weighted by molar-refractivity contribution is -0.121. The Bertz CT molecular complexity index is 774. The van der Waals surface area contributed by atoms with Gasteiger partial charge in [0.05, 0.1) is 12.0 Å². The number of nitrogens with zero attached hydrogens (tertiary/aromatic N) is 3. The van der Waals surface area contributed by atoms with Gasteiger partial charge in [-0.3, -0.25) is 14.9 Å². The van der Waals surface area contributed by atoms with Crippen LogP contribution in [0, 0.1) is 6.92 Å². The Balaban J connectivity index is 1.59. The van der Waals surface area contributed by atoms with Gasteiger partial charge in [-0.15, -0.1) is 0 Å². The second-order valence-electron chi connectivity index (χ2n) is 6.05. The zero-order valence-corrected chi connectivity index (χ0v) is 12.2. The summed E-state index contributed by atoms with van der Waals surface area (Å²) >= 11 is 0. The van der Waals surface area contributed by atoms with Crippen LogP contribution in [0.25, 0.3) is 0 Å². The van der Waals surface area contributed by atoms with Gasteiger partial charge in [0.2, 0.25) is 11.9 Å². The Hall–Kier alpha value is -2.63. The lowest BCUT2D eigenvalue weighted by atomic mass is 9.83. The smallest absolute Gasteiger partial charge is 0.254 e. The molecule has 3 heterocycles. The van der Waals surface area contributed by atoms with E-state index >= 15 is 0 Å². The van der Waals surface area contributed by atoms with Gasteiger partial charge in [0, 0.05) is 31.0 Å². The van der Waals surface area contributed by atoms with Gasteiger partial charge in [0.15, 0.2) is 0 Å². The van der Waals surface area contributed by atoms with Crippen LogP contribution < -0.4 is 5.32 Å². The molecule has 1 fully saturated rings. The normalized spacial score (nSPS) is 18.6. The van der Waals surface area contributed by atoms with Gasteiger partial charge >= 0.3 is 0 Å². The second kappa shape index (κ2) is 4.43. The van der Waals surface area contributed by atoms with Crippen molar-refractivity contribution < 1.29 is 9.59 Å². The first-order valence-corrected chi connectivity index (χ1v) is 7.28. The van der Waals surface area contributed by atoms with Crippen LogP contribution in [0.2, 0.25) is 0 Å². The maximum Gasteiger partial charge on any atom is 0.254 e. The van der Waals surface area contributed by atoms with Crippen molar-refractivity contribution in [2.24, 2.45) is 0 Å². The predicted molar refractivity (Wildman–Crippen MR) is 80.5 cm³/mol. The largest absolute Gasteiger partial charge is 0.334 e. The number of fused-ring (bicyclic) bond motifs is 2. The molecular formula is C16H16N4O2.